The third-order valence-corrected chi connectivity index (χ3v) is 6.11. The highest BCUT2D eigenvalue weighted by Crippen LogP contribution is 2.24. The second-order valence-electron chi connectivity index (χ2n) is 9.77. The monoisotopic (exact) mass is 450 g/mol. The average molecular weight is 451 g/mol. The van der Waals surface area contributed by atoms with Crippen LogP contribution in [-0.4, -0.2) is 61.4 Å². The van der Waals surface area contributed by atoms with Gasteiger partial charge >= 0.3 is 0 Å². The molecule has 176 valence electrons. The summed E-state index contributed by atoms with van der Waals surface area (Å²) in [5.41, 5.74) is 4.13. The molecule has 2 aromatic heterocycles. The number of amides is 1. The van der Waals surface area contributed by atoms with Crippen LogP contribution in [0.3, 0.4) is 0 Å². The number of rotatable bonds is 6. The predicted octanol–water partition coefficient (Wildman–Crippen LogP) is 3.22. The summed E-state index contributed by atoms with van der Waals surface area (Å²) in [6.45, 7) is 12.8. The second kappa shape index (κ2) is 9.39. The van der Waals surface area contributed by atoms with Crippen LogP contribution < -0.4 is 4.74 Å². The molecule has 0 unspecified atom stereocenters. The van der Waals surface area contributed by atoms with Gasteiger partial charge in [-0.1, -0.05) is 32.9 Å². The van der Waals surface area contributed by atoms with Crippen LogP contribution in [0, 0.1) is 6.92 Å². The summed E-state index contributed by atoms with van der Waals surface area (Å²) >= 11 is 0. The van der Waals surface area contributed by atoms with Crippen LogP contribution in [0.1, 0.15) is 48.1 Å². The second-order valence-corrected chi connectivity index (χ2v) is 9.77. The molecular formula is C25H34N6O2. The van der Waals surface area contributed by atoms with Crippen molar-refractivity contribution >= 4 is 5.91 Å². The van der Waals surface area contributed by atoms with Crippen LogP contribution in [0.5, 0.6) is 5.75 Å². The van der Waals surface area contributed by atoms with Gasteiger partial charge in [0.05, 0.1) is 5.69 Å². The topological polar surface area (TPSA) is 68.4 Å². The SMILES string of the molecule is Cc1nn(C)cc1CN1CCN(C(=O)c2ccn(COc3ccc(C(C)(C)C)cc3)n2)CC1. The number of ether oxygens (including phenoxy) is 1. The normalized spacial score (nSPS) is 15.1. The first-order valence-electron chi connectivity index (χ1n) is 11.5. The number of piperazine rings is 1. The first-order chi connectivity index (χ1) is 15.7. The molecule has 0 atom stereocenters. The van der Waals surface area contributed by atoms with Crippen LogP contribution in [-0.2, 0) is 25.7 Å². The molecule has 1 amide bonds. The van der Waals surface area contributed by atoms with Crippen LogP contribution in [0.15, 0.2) is 42.7 Å². The third kappa shape index (κ3) is 5.63. The minimum atomic E-state index is -0.0273. The Balaban J connectivity index is 1.27. The lowest BCUT2D eigenvalue weighted by atomic mass is 9.87. The fourth-order valence-corrected chi connectivity index (χ4v) is 4.06. The van der Waals surface area contributed by atoms with E-state index in [9.17, 15) is 4.79 Å². The molecule has 0 bridgehead atoms. The Kier molecular flexibility index (Phi) is 6.56. The van der Waals surface area contributed by atoms with E-state index in [-0.39, 0.29) is 18.1 Å². The molecule has 1 fully saturated rings. The van der Waals surface area contributed by atoms with E-state index < -0.39 is 0 Å². The Labute approximate surface area is 195 Å². The van der Waals surface area contributed by atoms with Crippen molar-refractivity contribution in [3.05, 3.63) is 65.2 Å². The molecule has 0 saturated carbocycles. The van der Waals surface area contributed by atoms with Gasteiger partial charge in [-0.25, -0.2) is 4.68 Å². The molecule has 1 aliphatic rings. The van der Waals surface area contributed by atoms with E-state index in [1.807, 2.05) is 35.7 Å². The minimum Gasteiger partial charge on any atom is -0.471 e. The molecule has 3 heterocycles. The number of hydrogen-bond donors (Lipinski definition) is 0. The number of aryl methyl sites for hydroxylation is 2. The quantitative estimate of drug-likeness (QED) is 0.577. The number of hydrogen-bond acceptors (Lipinski definition) is 5. The Bertz CT molecular complexity index is 1090. The summed E-state index contributed by atoms with van der Waals surface area (Å²) < 4.78 is 9.35. The Morgan fingerprint density at radius 2 is 1.73 bits per heavy atom. The van der Waals surface area contributed by atoms with E-state index in [2.05, 4.69) is 54.2 Å². The van der Waals surface area contributed by atoms with Gasteiger partial charge in [0.1, 0.15) is 5.75 Å². The summed E-state index contributed by atoms with van der Waals surface area (Å²) in [4.78, 5) is 17.2. The van der Waals surface area contributed by atoms with Gasteiger partial charge in [0, 0.05) is 57.7 Å². The molecule has 3 aromatic rings. The summed E-state index contributed by atoms with van der Waals surface area (Å²) in [7, 11) is 1.94. The first kappa shape index (κ1) is 23.0. The number of benzene rings is 1. The Hall–Kier alpha value is -3.13. The summed E-state index contributed by atoms with van der Waals surface area (Å²) in [5, 5.41) is 8.85. The van der Waals surface area contributed by atoms with Crippen molar-refractivity contribution in [3.8, 4) is 5.75 Å². The van der Waals surface area contributed by atoms with Gasteiger partial charge in [0.25, 0.3) is 5.91 Å². The zero-order chi connectivity index (χ0) is 23.6. The van der Waals surface area contributed by atoms with Gasteiger partial charge in [-0.3, -0.25) is 14.4 Å². The Morgan fingerprint density at radius 3 is 2.33 bits per heavy atom. The maximum Gasteiger partial charge on any atom is 0.274 e. The molecule has 8 heteroatoms. The fourth-order valence-electron chi connectivity index (χ4n) is 4.06. The van der Waals surface area contributed by atoms with Gasteiger partial charge < -0.3 is 9.64 Å². The lowest BCUT2D eigenvalue weighted by Gasteiger charge is -2.34. The largest absolute Gasteiger partial charge is 0.471 e. The lowest BCUT2D eigenvalue weighted by molar-refractivity contribution is 0.0620. The molecule has 1 aliphatic heterocycles. The van der Waals surface area contributed by atoms with Crippen LogP contribution in [0.2, 0.25) is 0 Å². The summed E-state index contributed by atoms with van der Waals surface area (Å²) in [5.74, 6) is 0.756. The molecule has 33 heavy (non-hydrogen) atoms. The fraction of sp³-hybridized carbons (Fsp3) is 0.480. The van der Waals surface area contributed by atoms with Crippen molar-refractivity contribution < 1.29 is 9.53 Å². The highest BCUT2D eigenvalue weighted by atomic mass is 16.5. The van der Waals surface area contributed by atoms with Crippen molar-refractivity contribution in [1.29, 1.82) is 0 Å². The van der Waals surface area contributed by atoms with E-state index in [0.717, 1.165) is 31.1 Å². The van der Waals surface area contributed by atoms with E-state index in [1.165, 1.54) is 11.1 Å². The smallest absolute Gasteiger partial charge is 0.274 e. The van der Waals surface area contributed by atoms with E-state index in [4.69, 9.17) is 4.74 Å². The number of carbonyl (C=O) groups is 1. The minimum absolute atomic E-state index is 0.0273. The van der Waals surface area contributed by atoms with Crippen molar-refractivity contribution in [2.45, 2.75) is 46.4 Å². The molecule has 0 radical (unpaired) electrons. The zero-order valence-corrected chi connectivity index (χ0v) is 20.3. The zero-order valence-electron chi connectivity index (χ0n) is 20.3. The van der Waals surface area contributed by atoms with E-state index in [0.29, 0.717) is 18.8 Å². The van der Waals surface area contributed by atoms with Gasteiger partial charge in [-0.15, -0.1) is 0 Å². The lowest BCUT2D eigenvalue weighted by Crippen LogP contribution is -2.48. The Morgan fingerprint density at radius 1 is 1.03 bits per heavy atom. The number of aromatic nitrogens is 4. The molecule has 0 aliphatic carbocycles. The van der Waals surface area contributed by atoms with Crippen molar-refractivity contribution in [1.82, 2.24) is 29.4 Å². The average Bonchev–Trinajstić information content (AvgIpc) is 3.38. The van der Waals surface area contributed by atoms with Crippen LogP contribution >= 0.6 is 0 Å². The maximum atomic E-state index is 12.9. The molecule has 1 saturated heterocycles. The summed E-state index contributed by atoms with van der Waals surface area (Å²) in [6, 6.07) is 9.89. The standard InChI is InChI=1S/C25H34N6O2/c1-19-20(16-28(5)26-19)17-29-12-14-30(15-13-29)24(32)23-10-11-31(27-23)18-33-22-8-6-21(7-9-22)25(2,3)4/h6-11,16H,12-15,17-18H2,1-5H3. The third-order valence-electron chi connectivity index (χ3n) is 6.11. The molecule has 0 spiro atoms. The molecule has 8 nitrogen and oxygen atoms in total. The van der Waals surface area contributed by atoms with E-state index >= 15 is 0 Å². The first-order valence-corrected chi connectivity index (χ1v) is 11.5. The number of nitrogens with zero attached hydrogens (tertiary/aromatic N) is 6. The molecular weight excluding hydrogens is 416 g/mol. The molecule has 0 N–H and O–H groups in total. The highest BCUT2D eigenvalue weighted by Gasteiger charge is 2.24. The number of carbonyl (C=O) groups excluding carboxylic acids is 1. The van der Waals surface area contributed by atoms with Crippen LogP contribution in [0.4, 0.5) is 0 Å². The van der Waals surface area contributed by atoms with Crippen LogP contribution in [0.25, 0.3) is 0 Å². The van der Waals surface area contributed by atoms with Gasteiger partial charge in [-0.2, -0.15) is 10.2 Å². The maximum absolute atomic E-state index is 12.9. The van der Waals surface area contributed by atoms with Crippen molar-refractivity contribution in [2.24, 2.45) is 7.05 Å². The van der Waals surface area contributed by atoms with E-state index in [1.54, 1.807) is 16.9 Å². The van der Waals surface area contributed by atoms with Crippen molar-refractivity contribution in [2.75, 3.05) is 26.2 Å². The van der Waals surface area contributed by atoms with Gasteiger partial charge in [0.2, 0.25) is 0 Å². The molecule has 1 aromatic carbocycles. The van der Waals surface area contributed by atoms with Gasteiger partial charge in [-0.05, 0) is 36.1 Å². The highest BCUT2D eigenvalue weighted by molar-refractivity contribution is 5.92. The predicted molar refractivity (Wildman–Crippen MR) is 127 cm³/mol. The van der Waals surface area contributed by atoms with Crippen molar-refractivity contribution in [3.63, 3.8) is 0 Å². The molecule has 4 rings (SSSR count). The summed E-state index contributed by atoms with van der Waals surface area (Å²) in [6.07, 6.45) is 3.86. The van der Waals surface area contributed by atoms with Gasteiger partial charge in [0.15, 0.2) is 12.4 Å².